The maximum atomic E-state index is 12.4. The van der Waals surface area contributed by atoms with Crippen LogP contribution in [0.2, 0.25) is 5.02 Å². The Kier molecular flexibility index (Phi) is 4.08. The third kappa shape index (κ3) is 2.75. The Morgan fingerprint density at radius 1 is 1.30 bits per heavy atom. The number of halogens is 1. The number of benzene rings is 1. The van der Waals surface area contributed by atoms with E-state index in [0.29, 0.717) is 5.52 Å². The number of fused-ring (bicyclic) bond motifs is 1. The van der Waals surface area contributed by atoms with Crippen molar-refractivity contribution in [2.45, 2.75) is 19.4 Å². The number of amides is 1. The summed E-state index contributed by atoms with van der Waals surface area (Å²) in [5, 5.41) is 21.9. The molecule has 1 heterocycles. The van der Waals surface area contributed by atoms with E-state index in [9.17, 15) is 19.5 Å². The van der Waals surface area contributed by atoms with Crippen LogP contribution in [0.25, 0.3) is 10.9 Å². The molecule has 1 amide bonds. The minimum Gasteiger partial charge on any atom is -0.506 e. The van der Waals surface area contributed by atoms with Gasteiger partial charge in [-0.2, -0.15) is 0 Å². The average Bonchev–Trinajstić information content (AvgIpc) is 2.44. The number of rotatable bonds is 3. The van der Waals surface area contributed by atoms with Crippen LogP contribution < -0.4 is 10.9 Å². The van der Waals surface area contributed by atoms with Gasteiger partial charge in [-0.15, -0.1) is 0 Å². The van der Waals surface area contributed by atoms with Crippen LogP contribution in [-0.4, -0.2) is 32.2 Å². The van der Waals surface area contributed by atoms with Gasteiger partial charge >= 0.3 is 5.97 Å². The zero-order valence-corrected chi connectivity index (χ0v) is 13.4. The summed E-state index contributed by atoms with van der Waals surface area (Å²) in [7, 11) is 1.43. The van der Waals surface area contributed by atoms with Gasteiger partial charge in [-0.05, 0) is 26.0 Å². The zero-order valence-electron chi connectivity index (χ0n) is 12.7. The summed E-state index contributed by atoms with van der Waals surface area (Å²) in [5.41, 5.74) is -2.56. The topological polar surface area (TPSA) is 109 Å². The van der Waals surface area contributed by atoms with E-state index in [2.05, 4.69) is 5.32 Å². The Balaban J connectivity index is 2.71. The first kappa shape index (κ1) is 16.8. The molecule has 8 heteroatoms. The van der Waals surface area contributed by atoms with E-state index in [4.69, 9.17) is 16.7 Å². The molecular formula is C15H15ClN2O5. The second-order valence-electron chi connectivity index (χ2n) is 5.61. The lowest BCUT2D eigenvalue weighted by atomic mass is 10.0. The van der Waals surface area contributed by atoms with Crippen LogP contribution >= 0.6 is 11.6 Å². The van der Waals surface area contributed by atoms with E-state index in [1.165, 1.54) is 31.5 Å². The third-order valence-corrected chi connectivity index (χ3v) is 3.85. The molecule has 0 radical (unpaired) electrons. The highest BCUT2D eigenvalue weighted by Gasteiger charge is 2.32. The first-order chi connectivity index (χ1) is 10.6. The van der Waals surface area contributed by atoms with Crippen LogP contribution in [0.15, 0.2) is 23.0 Å². The Hall–Kier alpha value is -2.54. The Morgan fingerprint density at radius 3 is 2.48 bits per heavy atom. The number of hydrogen-bond acceptors (Lipinski definition) is 4. The molecule has 0 unspecified atom stereocenters. The lowest BCUT2D eigenvalue weighted by molar-refractivity contribution is -0.143. The highest BCUT2D eigenvalue weighted by molar-refractivity contribution is 6.36. The van der Waals surface area contributed by atoms with Crippen molar-refractivity contribution in [3.05, 3.63) is 39.1 Å². The van der Waals surface area contributed by atoms with Crippen LogP contribution in [0.4, 0.5) is 0 Å². The van der Waals surface area contributed by atoms with Crippen LogP contribution in [0.1, 0.15) is 24.2 Å². The van der Waals surface area contributed by atoms with Crippen molar-refractivity contribution in [2.24, 2.45) is 7.05 Å². The number of aromatic hydroxyl groups is 1. The number of nitrogens with one attached hydrogen (secondary N) is 1. The molecule has 0 spiro atoms. The third-order valence-electron chi connectivity index (χ3n) is 3.53. The largest absolute Gasteiger partial charge is 0.506 e. The van der Waals surface area contributed by atoms with Gasteiger partial charge in [-0.1, -0.05) is 17.7 Å². The SMILES string of the molecule is Cn1c(=O)c(C(=O)NC(C)(C)C(=O)O)c(O)c2c(Cl)cccc21. The minimum atomic E-state index is -1.61. The lowest BCUT2D eigenvalue weighted by Crippen LogP contribution is -2.50. The second kappa shape index (κ2) is 5.58. The van der Waals surface area contributed by atoms with Crippen molar-refractivity contribution in [1.29, 1.82) is 0 Å². The highest BCUT2D eigenvalue weighted by atomic mass is 35.5. The highest BCUT2D eigenvalue weighted by Crippen LogP contribution is 2.32. The van der Waals surface area contributed by atoms with Crippen molar-refractivity contribution >= 4 is 34.4 Å². The van der Waals surface area contributed by atoms with Gasteiger partial charge in [0.1, 0.15) is 16.9 Å². The zero-order chi connectivity index (χ0) is 17.5. The van der Waals surface area contributed by atoms with Crippen molar-refractivity contribution in [1.82, 2.24) is 9.88 Å². The molecule has 0 bridgehead atoms. The normalized spacial score (nSPS) is 11.5. The number of carboxylic acids is 1. The van der Waals surface area contributed by atoms with Crippen LogP contribution in [0.3, 0.4) is 0 Å². The molecular weight excluding hydrogens is 324 g/mol. The van der Waals surface area contributed by atoms with E-state index in [1.807, 2.05) is 0 Å². The first-order valence-electron chi connectivity index (χ1n) is 6.64. The van der Waals surface area contributed by atoms with Gasteiger partial charge in [0.05, 0.1) is 15.9 Å². The molecule has 122 valence electrons. The lowest BCUT2D eigenvalue weighted by Gasteiger charge is -2.21. The van der Waals surface area contributed by atoms with Gasteiger partial charge in [0.25, 0.3) is 11.5 Å². The predicted octanol–water partition coefficient (Wildman–Crippen LogP) is 1.49. The molecule has 1 aromatic heterocycles. The van der Waals surface area contributed by atoms with Crippen molar-refractivity contribution in [3.63, 3.8) is 0 Å². The molecule has 0 fully saturated rings. The van der Waals surface area contributed by atoms with Gasteiger partial charge in [-0.3, -0.25) is 9.59 Å². The number of aromatic nitrogens is 1. The summed E-state index contributed by atoms with van der Waals surface area (Å²) in [6, 6.07) is 4.69. The molecule has 0 saturated heterocycles. The quantitative estimate of drug-likeness (QED) is 0.785. The maximum Gasteiger partial charge on any atom is 0.328 e. The number of carbonyl (C=O) groups is 2. The number of nitrogens with zero attached hydrogens (tertiary/aromatic N) is 1. The fourth-order valence-corrected chi connectivity index (χ4v) is 2.39. The molecule has 2 rings (SSSR count). The number of aryl methyl sites for hydroxylation is 1. The van der Waals surface area contributed by atoms with Gasteiger partial charge in [0.15, 0.2) is 0 Å². The van der Waals surface area contributed by atoms with E-state index in [-0.39, 0.29) is 10.4 Å². The number of carboxylic acid groups (broad SMARTS) is 1. The number of carbonyl (C=O) groups excluding carboxylic acids is 1. The molecule has 0 aliphatic heterocycles. The van der Waals surface area contributed by atoms with Crippen molar-refractivity contribution in [3.8, 4) is 5.75 Å². The molecule has 0 aliphatic carbocycles. The summed E-state index contributed by atoms with van der Waals surface area (Å²) in [4.78, 5) is 35.8. The van der Waals surface area contributed by atoms with Gasteiger partial charge in [0.2, 0.25) is 0 Å². The van der Waals surface area contributed by atoms with Crippen LogP contribution in [-0.2, 0) is 11.8 Å². The van der Waals surface area contributed by atoms with Gasteiger partial charge in [0, 0.05) is 7.05 Å². The van der Waals surface area contributed by atoms with Crippen LogP contribution in [0.5, 0.6) is 5.75 Å². The predicted molar refractivity (Wildman–Crippen MR) is 85.0 cm³/mol. The monoisotopic (exact) mass is 338 g/mol. The summed E-state index contributed by atoms with van der Waals surface area (Å²) in [6.45, 7) is 2.53. The minimum absolute atomic E-state index is 0.148. The number of aliphatic carboxylic acids is 1. The van der Waals surface area contributed by atoms with E-state index in [1.54, 1.807) is 12.1 Å². The average molecular weight is 339 g/mol. The molecule has 23 heavy (non-hydrogen) atoms. The molecule has 1 aromatic carbocycles. The summed E-state index contributed by atoms with van der Waals surface area (Å²) < 4.78 is 1.17. The summed E-state index contributed by atoms with van der Waals surface area (Å²) in [5.74, 6) is -2.84. The van der Waals surface area contributed by atoms with Crippen molar-refractivity contribution < 1.29 is 19.8 Å². The number of hydrogen-bond donors (Lipinski definition) is 3. The Bertz CT molecular complexity index is 886. The van der Waals surface area contributed by atoms with Crippen molar-refractivity contribution in [2.75, 3.05) is 0 Å². The molecule has 0 saturated carbocycles. The summed E-state index contributed by atoms with van der Waals surface area (Å²) >= 11 is 6.05. The molecule has 7 nitrogen and oxygen atoms in total. The smallest absolute Gasteiger partial charge is 0.328 e. The Morgan fingerprint density at radius 2 is 1.91 bits per heavy atom. The van der Waals surface area contributed by atoms with E-state index >= 15 is 0 Å². The number of pyridine rings is 1. The fraction of sp³-hybridized carbons (Fsp3) is 0.267. The molecule has 3 N–H and O–H groups in total. The van der Waals surface area contributed by atoms with E-state index < -0.39 is 34.3 Å². The van der Waals surface area contributed by atoms with E-state index in [0.717, 1.165) is 0 Å². The fourth-order valence-electron chi connectivity index (χ4n) is 2.13. The molecule has 0 atom stereocenters. The van der Waals surface area contributed by atoms with Gasteiger partial charge < -0.3 is 20.1 Å². The maximum absolute atomic E-state index is 12.4. The van der Waals surface area contributed by atoms with Crippen LogP contribution in [0, 0.1) is 0 Å². The molecule has 2 aromatic rings. The Labute approximate surface area is 136 Å². The summed E-state index contributed by atoms with van der Waals surface area (Å²) in [6.07, 6.45) is 0. The standard InChI is InChI=1S/C15H15ClN2O5/c1-15(2,14(22)23)17-12(20)10-11(19)9-7(16)5-4-6-8(9)18(3)13(10)21/h4-6,19H,1-3H3,(H,17,20)(H,22,23). The van der Waals surface area contributed by atoms with Gasteiger partial charge in [-0.25, -0.2) is 4.79 Å². The second-order valence-corrected chi connectivity index (χ2v) is 6.01. The first-order valence-corrected chi connectivity index (χ1v) is 7.01. The molecule has 0 aliphatic rings.